The molecule has 122 valence electrons. The summed E-state index contributed by atoms with van der Waals surface area (Å²) in [6, 6.07) is 0.255. The second kappa shape index (κ2) is 6.16. The lowest BCUT2D eigenvalue weighted by molar-refractivity contribution is 0.00461. The number of anilines is 1. The Bertz CT molecular complexity index is 538. The Morgan fingerprint density at radius 3 is 2.91 bits per heavy atom. The molecule has 1 aromatic rings. The fraction of sp³-hybridized carbons (Fsp3) is 0.733. The van der Waals surface area contributed by atoms with Crippen molar-refractivity contribution < 1.29 is 9.53 Å². The average molecular weight is 307 g/mol. The van der Waals surface area contributed by atoms with Crippen molar-refractivity contribution in [2.45, 2.75) is 25.4 Å². The highest BCUT2D eigenvalue weighted by Gasteiger charge is 2.39. The van der Waals surface area contributed by atoms with Gasteiger partial charge in [-0.1, -0.05) is 0 Å². The maximum absolute atomic E-state index is 12.5. The number of ether oxygens (including phenoxy) is 1. The Kier molecular flexibility index (Phi) is 4.24. The Morgan fingerprint density at radius 1 is 1.50 bits per heavy atom. The third kappa shape index (κ3) is 3.04. The Labute approximate surface area is 131 Å². The van der Waals surface area contributed by atoms with E-state index >= 15 is 0 Å². The van der Waals surface area contributed by atoms with E-state index in [0.717, 1.165) is 11.6 Å². The largest absolute Gasteiger partial charge is 0.377 e. The smallest absolute Gasteiger partial charge is 0.318 e. The number of nitrogens with zero attached hydrogens (tertiary/aromatic N) is 4. The molecule has 1 N–H and O–H groups in total. The highest BCUT2D eigenvalue weighted by Crippen LogP contribution is 2.36. The van der Waals surface area contributed by atoms with Gasteiger partial charge in [0.25, 0.3) is 0 Å². The van der Waals surface area contributed by atoms with Crippen molar-refractivity contribution in [2.24, 2.45) is 13.0 Å². The molecule has 0 aromatic carbocycles. The van der Waals surface area contributed by atoms with E-state index in [4.69, 9.17) is 4.74 Å². The molecule has 2 aliphatic rings. The van der Waals surface area contributed by atoms with Crippen molar-refractivity contribution in [3.8, 4) is 0 Å². The van der Waals surface area contributed by atoms with E-state index in [1.54, 1.807) is 0 Å². The summed E-state index contributed by atoms with van der Waals surface area (Å²) in [4.78, 5) is 20.8. The standard InChI is InChI=1S/C15H25N5O2/c1-18(2)14-16-8-12(19(14)3)9-17-15(21)20-6-7-22-10-13(20)11-4-5-11/h8,11,13H,4-7,9-10H2,1-3H3,(H,17,21)/t13-/m1/s1. The van der Waals surface area contributed by atoms with Crippen LogP contribution >= 0.6 is 0 Å². The zero-order valence-corrected chi connectivity index (χ0v) is 13.6. The fourth-order valence-electron chi connectivity index (χ4n) is 3.03. The highest BCUT2D eigenvalue weighted by atomic mass is 16.5. The van der Waals surface area contributed by atoms with Crippen LogP contribution in [0.4, 0.5) is 10.7 Å². The molecule has 1 saturated carbocycles. The summed E-state index contributed by atoms with van der Waals surface area (Å²) in [7, 11) is 5.88. The van der Waals surface area contributed by atoms with Crippen LogP contribution in [0.1, 0.15) is 18.5 Å². The van der Waals surface area contributed by atoms with Crippen molar-refractivity contribution in [2.75, 3.05) is 38.8 Å². The van der Waals surface area contributed by atoms with Gasteiger partial charge in [-0.25, -0.2) is 9.78 Å². The maximum atomic E-state index is 12.5. The number of imidazole rings is 1. The number of aromatic nitrogens is 2. The summed E-state index contributed by atoms with van der Waals surface area (Å²) in [6.45, 7) is 2.48. The molecule has 1 atom stereocenters. The van der Waals surface area contributed by atoms with Crippen LogP contribution in [0.2, 0.25) is 0 Å². The van der Waals surface area contributed by atoms with Gasteiger partial charge in [-0.05, 0) is 18.8 Å². The summed E-state index contributed by atoms with van der Waals surface area (Å²) in [5, 5.41) is 3.03. The van der Waals surface area contributed by atoms with Gasteiger partial charge < -0.3 is 24.4 Å². The third-order valence-electron chi connectivity index (χ3n) is 4.47. The predicted octanol–water partition coefficient (Wildman–Crippen LogP) is 0.806. The topological polar surface area (TPSA) is 62.6 Å². The number of carbonyl (C=O) groups excluding carboxylic acids is 1. The molecule has 1 saturated heterocycles. The Hall–Kier alpha value is -1.76. The first-order valence-electron chi connectivity index (χ1n) is 7.88. The van der Waals surface area contributed by atoms with Gasteiger partial charge in [-0.2, -0.15) is 0 Å². The van der Waals surface area contributed by atoms with E-state index in [0.29, 0.717) is 32.2 Å². The number of carbonyl (C=O) groups is 1. The van der Waals surface area contributed by atoms with Gasteiger partial charge in [0.15, 0.2) is 0 Å². The molecule has 0 spiro atoms. The van der Waals surface area contributed by atoms with E-state index in [1.165, 1.54) is 12.8 Å². The molecular formula is C15H25N5O2. The monoisotopic (exact) mass is 307 g/mol. The van der Waals surface area contributed by atoms with Crippen molar-refractivity contribution >= 4 is 12.0 Å². The molecule has 0 unspecified atom stereocenters. The van der Waals surface area contributed by atoms with E-state index in [9.17, 15) is 4.79 Å². The summed E-state index contributed by atoms with van der Waals surface area (Å²) in [6.07, 6.45) is 4.24. The van der Waals surface area contributed by atoms with Crippen LogP contribution in [-0.2, 0) is 18.3 Å². The summed E-state index contributed by atoms with van der Waals surface area (Å²) in [5.74, 6) is 1.51. The van der Waals surface area contributed by atoms with Crippen LogP contribution in [0, 0.1) is 5.92 Å². The summed E-state index contributed by atoms with van der Waals surface area (Å²) in [5.41, 5.74) is 0.994. The highest BCUT2D eigenvalue weighted by molar-refractivity contribution is 5.74. The molecule has 7 heteroatoms. The van der Waals surface area contributed by atoms with Gasteiger partial charge in [0, 0.05) is 27.7 Å². The number of amides is 2. The second-order valence-electron chi connectivity index (χ2n) is 6.33. The van der Waals surface area contributed by atoms with Gasteiger partial charge in [0.1, 0.15) is 0 Å². The average Bonchev–Trinajstić information content (AvgIpc) is 3.28. The number of hydrogen-bond donors (Lipinski definition) is 1. The number of nitrogens with one attached hydrogen (secondary N) is 1. The van der Waals surface area contributed by atoms with Crippen molar-refractivity contribution in [3.63, 3.8) is 0 Å². The SMILES string of the molecule is CN(C)c1ncc(CNC(=O)N2CCOC[C@@H]2C2CC2)n1C. The van der Waals surface area contributed by atoms with Gasteiger partial charge >= 0.3 is 6.03 Å². The summed E-state index contributed by atoms with van der Waals surface area (Å²) >= 11 is 0. The molecule has 1 aliphatic heterocycles. The molecule has 22 heavy (non-hydrogen) atoms. The second-order valence-corrected chi connectivity index (χ2v) is 6.33. The van der Waals surface area contributed by atoms with Crippen LogP contribution in [0.5, 0.6) is 0 Å². The van der Waals surface area contributed by atoms with Crippen LogP contribution in [0.25, 0.3) is 0 Å². The van der Waals surface area contributed by atoms with Gasteiger partial charge in [-0.15, -0.1) is 0 Å². The fourth-order valence-corrected chi connectivity index (χ4v) is 3.03. The number of urea groups is 1. The zero-order valence-electron chi connectivity index (χ0n) is 13.6. The molecule has 1 aliphatic carbocycles. The Morgan fingerprint density at radius 2 is 2.27 bits per heavy atom. The van der Waals surface area contributed by atoms with Gasteiger partial charge in [-0.3, -0.25) is 0 Å². The molecule has 7 nitrogen and oxygen atoms in total. The predicted molar refractivity (Wildman–Crippen MR) is 83.8 cm³/mol. The third-order valence-corrected chi connectivity index (χ3v) is 4.47. The molecule has 1 aromatic heterocycles. The van der Waals surface area contributed by atoms with Crippen LogP contribution in [-0.4, -0.2) is 60.4 Å². The first-order valence-corrected chi connectivity index (χ1v) is 7.88. The van der Waals surface area contributed by atoms with Gasteiger partial charge in [0.05, 0.1) is 37.7 Å². The quantitative estimate of drug-likeness (QED) is 0.894. The molecule has 2 amide bonds. The molecule has 0 radical (unpaired) electrons. The number of hydrogen-bond acceptors (Lipinski definition) is 4. The number of morpholine rings is 1. The molecule has 2 heterocycles. The first-order chi connectivity index (χ1) is 10.6. The van der Waals surface area contributed by atoms with E-state index in [2.05, 4.69) is 10.3 Å². The normalized spacial score (nSPS) is 21.8. The molecule has 0 bridgehead atoms. The molecule has 2 fully saturated rings. The lowest BCUT2D eigenvalue weighted by atomic mass is 10.1. The molecular weight excluding hydrogens is 282 g/mol. The van der Waals surface area contributed by atoms with Crippen molar-refractivity contribution in [1.29, 1.82) is 0 Å². The zero-order chi connectivity index (χ0) is 15.7. The lowest BCUT2D eigenvalue weighted by Crippen LogP contribution is -2.53. The minimum Gasteiger partial charge on any atom is -0.377 e. The van der Waals surface area contributed by atoms with Crippen LogP contribution in [0.15, 0.2) is 6.20 Å². The first kappa shape index (κ1) is 15.1. The Balaban J connectivity index is 1.59. The van der Waals surface area contributed by atoms with E-state index < -0.39 is 0 Å². The van der Waals surface area contributed by atoms with Crippen molar-refractivity contribution in [1.82, 2.24) is 19.8 Å². The minimum absolute atomic E-state index is 0.00723. The molecule has 3 rings (SSSR count). The van der Waals surface area contributed by atoms with E-state index in [1.807, 2.05) is 41.7 Å². The van der Waals surface area contributed by atoms with E-state index in [-0.39, 0.29) is 12.1 Å². The van der Waals surface area contributed by atoms with Crippen LogP contribution in [0.3, 0.4) is 0 Å². The number of rotatable bonds is 4. The van der Waals surface area contributed by atoms with Gasteiger partial charge in [0.2, 0.25) is 5.95 Å². The summed E-state index contributed by atoms with van der Waals surface area (Å²) < 4.78 is 7.53. The lowest BCUT2D eigenvalue weighted by Gasteiger charge is -2.35. The maximum Gasteiger partial charge on any atom is 0.318 e. The van der Waals surface area contributed by atoms with Crippen LogP contribution < -0.4 is 10.2 Å². The van der Waals surface area contributed by atoms with Crippen molar-refractivity contribution in [3.05, 3.63) is 11.9 Å². The minimum atomic E-state index is 0.00723.